The van der Waals surface area contributed by atoms with Crippen LogP contribution in [0.1, 0.15) is 44.8 Å². The number of carbonyl (C=O) groups is 1. The van der Waals surface area contributed by atoms with Gasteiger partial charge in [0, 0.05) is 6.61 Å². The van der Waals surface area contributed by atoms with Crippen LogP contribution in [0.3, 0.4) is 0 Å². The Balaban J connectivity index is 1.90. The third-order valence-electron chi connectivity index (χ3n) is 4.58. The Kier molecular flexibility index (Phi) is 4.27. The summed E-state index contributed by atoms with van der Waals surface area (Å²) in [6.07, 6.45) is 2.92. The maximum atomic E-state index is 12.8. The minimum absolute atomic E-state index is 0.0237. The van der Waals surface area contributed by atoms with Crippen LogP contribution in [0.5, 0.6) is 0 Å². The normalized spacial score (nSPS) is 32.9. The van der Waals surface area contributed by atoms with Crippen LogP contribution < -0.4 is 5.32 Å². The van der Waals surface area contributed by atoms with E-state index in [1.54, 1.807) is 0 Å². The van der Waals surface area contributed by atoms with E-state index in [9.17, 15) is 4.79 Å². The molecule has 2 fully saturated rings. The molecule has 4 nitrogen and oxygen atoms in total. The molecule has 1 amide bonds. The van der Waals surface area contributed by atoms with E-state index in [-0.39, 0.29) is 30.3 Å². The molecule has 4 heteroatoms. The predicted molar refractivity (Wildman–Crippen MR) is 81.7 cm³/mol. The first kappa shape index (κ1) is 14.5. The minimum atomic E-state index is -0.0620. The Morgan fingerprint density at radius 2 is 2.10 bits per heavy atom. The summed E-state index contributed by atoms with van der Waals surface area (Å²) >= 11 is 0. The fourth-order valence-electron chi connectivity index (χ4n) is 3.48. The average Bonchev–Trinajstić information content (AvgIpc) is 3.05. The van der Waals surface area contributed by atoms with Crippen LogP contribution in [0.2, 0.25) is 0 Å². The lowest BCUT2D eigenvalue weighted by atomic mass is 10.1. The smallest absolute Gasteiger partial charge is 0.241 e. The SMILES string of the molecule is CCCC1NC(c2ccccc2)N(C2CCOC2C)C1=O. The van der Waals surface area contributed by atoms with Crippen molar-refractivity contribution in [3.8, 4) is 0 Å². The molecule has 114 valence electrons. The van der Waals surface area contributed by atoms with Gasteiger partial charge in [-0.15, -0.1) is 0 Å². The molecule has 0 aliphatic carbocycles. The predicted octanol–water partition coefficient (Wildman–Crippen LogP) is 2.46. The first-order valence-electron chi connectivity index (χ1n) is 7.97. The number of carbonyl (C=O) groups excluding carboxylic acids is 1. The van der Waals surface area contributed by atoms with Crippen molar-refractivity contribution in [1.29, 1.82) is 0 Å². The highest BCUT2D eigenvalue weighted by molar-refractivity contribution is 5.85. The summed E-state index contributed by atoms with van der Waals surface area (Å²) in [4.78, 5) is 14.9. The molecule has 0 spiro atoms. The fourth-order valence-corrected chi connectivity index (χ4v) is 3.48. The lowest BCUT2D eigenvalue weighted by Gasteiger charge is -2.32. The van der Waals surface area contributed by atoms with Gasteiger partial charge in [0.05, 0.1) is 18.2 Å². The highest BCUT2D eigenvalue weighted by Crippen LogP contribution is 2.33. The molecular formula is C17H24N2O2. The lowest BCUT2D eigenvalue weighted by Crippen LogP contribution is -2.43. The molecule has 2 aliphatic heterocycles. The van der Waals surface area contributed by atoms with Crippen LogP contribution in [0.4, 0.5) is 0 Å². The second-order valence-electron chi connectivity index (χ2n) is 6.00. The van der Waals surface area contributed by atoms with E-state index < -0.39 is 0 Å². The van der Waals surface area contributed by atoms with Gasteiger partial charge in [0.1, 0.15) is 6.17 Å². The molecule has 1 aromatic rings. The summed E-state index contributed by atoms with van der Waals surface area (Å²) in [6.45, 7) is 4.94. The molecule has 2 heterocycles. The van der Waals surface area contributed by atoms with Gasteiger partial charge in [-0.2, -0.15) is 0 Å². The second-order valence-corrected chi connectivity index (χ2v) is 6.00. The number of amides is 1. The Morgan fingerprint density at radius 1 is 1.33 bits per heavy atom. The van der Waals surface area contributed by atoms with E-state index in [0.29, 0.717) is 0 Å². The molecule has 21 heavy (non-hydrogen) atoms. The van der Waals surface area contributed by atoms with Crippen molar-refractivity contribution in [1.82, 2.24) is 10.2 Å². The second kappa shape index (κ2) is 6.16. The van der Waals surface area contributed by atoms with Crippen LogP contribution in [0.25, 0.3) is 0 Å². The molecule has 0 saturated carbocycles. The van der Waals surface area contributed by atoms with Gasteiger partial charge in [0.15, 0.2) is 0 Å². The summed E-state index contributed by atoms with van der Waals surface area (Å²) in [6, 6.07) is 10.4. The van der Waals surface area contributed by atoms with E-state index in [2.05, 4.69) is 31.3 Å². The highest BCUT2D eigenvalue weighted by atomic mass is 16.5. The van der Waals surface area contributed by atoms with E-state index >= 15 is 0 Å². The van der Waals surface area contributed by atoms with Gasteiger partial charge in [0.2, 0.25) is 5.91 Å². The van der Waals surface area contributed by atoms with Gasteiger partial charge in [-0.05, 0) is 25.3 Å². The van der Waals surface area contributed by atoms with Crippen LogP contribution >= 0.6 is 0 Å². The van der Waals surface area contributed by atoms with Gasteiger partial charge in [-0.25, -0.2) is 0 Å². The molecule has 3 rings (SSSR count). The maximum absolute atomic E-state index is 12.8. The standard InChI is InChI=1S/C17H24N2O2/c1-3-7-14-17(20)19(15-10-11-21-12(15)2)16(18-14)13-8-5-4-6-9-13/h4-6,8-9,12,14-16,18H,3,7,10-11H2,1-2H3. The number of rotatable bonds is 4. The van der Waals surface area contributed by atoms with Crippen molar-refractivity contribution in [2.24, 2.45) is 0 Å². The van der Waals surface area contributed by atoms with Crippen LogP contribution in [0.15, 0.2) is 30.3 Å². The molecule has 0 radical (unpaired) electrons. The Bertz CT molecular complexity index is 491. The summed E-state index contributed by atoms with van der Waals surface area (Å²) in [5.74, 6) is 0.230. The van der Waals surface area contributed by atoms with Crippen LogP contribution in [-0.4, -0.2) is 35.6 Å². The van der Waals surface area contributed by atoms with Crippen molar-refractivity contribution in [2.45, 2.75) is 57.5 Å². The molecule has 4 atom stereocenters. The van der Waals surface area contributed by atoms with E-state index in [1.807, 2.05) is 23.1 Å². The van der Waals surface area contributed by atoms with Gasteiger partial charge < -0.3 is 9.64 Å². The summed E-state index contributed by atoms with van der Waals surface area (Å²) < 4.78 is 5.68. The molecule has 1 aromatic carbocycles. The van der Waals surface area contributed by atoms with Gasteiger partial charge in [-0.3, -0.25) is 10.1 Å². The molecule has 2 saturated heterocycles. The van der Waals surface area contributed by atoms with E-state index in [1.165, 1.54) is 0 Å². The molecule has 4 unspecified atom stereocenters. The van der Waals surface area contributed by atoms with Crippen molar-refractivity contribution in [3.63, 3.8) is 0 Å². The molecule has 0 aromatic heterocycles. The molecule has 1 N–H and O–H groups in total. The fraction of sp³-hybridized carbons (Fsp3) is 0.588. The largest absolute Gasteiger partial charge is 0.376 e. The van der Waals surface area contributed by atoms with E-state index in [4.69, 9.17) is 4.74 Å². The summed E-state index contributed by atoms with van der Waals surface area (Å²) in [5.41, 5.74) is 1.16. The quantitative estimate of drug-likeness (QED) is 0.925. The number of hydrogen-bond acceptors (Lipinski definition) is 3. The third kappa shape index (κ3) is 2.70. The lowest BCUT2D eigenvalue weighted by molar-refractivity contribution is -0.133. The number of ether oxygens (including phenoxy) is 1. The highest BCUT2D eigenvalue weighted by Gasteiger charge is 2.45. The Hall–Kier alpha value is -1.39. The first-order valence-corrected chi connectivity index (χ1v) is 7.97. The van der Waals surface area contributed by atoms with Gasteiger partial charge in [0.25, 0.3) is 0 Å². The Morgan fingerprint density at radius 3 is 2.71 bits per heavy atom. The topological polar surface area (TPSA) is 41.6 Å². The number of nitrogens with one attached hydrogen (secondary N) is 1. The molecule has 0 bridgehead atoms. The van der Waals surface area contributed by atoms with Gasteiger partial charge in [-0.1, -0.05) is 43.7 Å². The zero-order valence-electron chi connectivity index (χ0n) is 12.8. The maximum Gasteiger partial charge on any atom is 0.241 e. The van der Waals surface area contributed by atoms with Crippen molar-refractivity contribution in [3.05, 3.63) is 35.9 Å². The minimum Gasteiger partial charge on any atom is -0.376 e. The molecular weight excluding hydrogens is 264 g/mol. The van der Waals surface area contributed by atoms with E-state index in [0.717, 1.165) is 31.4 Å². The van der Waals surface area contributed by atoms with Crippen molar-refractivity contribution < 1.29 is 9.53 Å². The average molecular weight is 288 g/mol. The molecule has 2 aliphatic rings. The summed E-state index contributed by atoms with van der Waals surface area (Å²) in [7, 11) is 0. The Labute approximate surface area is 126 Å². The number of benzene rings is 1. The van der Waals surface area contributed by atoms with Crippen molar-refractivity contribution >= 4 is 5.91 Å². The zero-order chi connectivity index (χ0) is 14.8. The number of hydrogen-bond donors (Lipinski definition) is 1. The van der Waals surface area contributed by atoms with Crippen LogP contribution in [-0.2, 0) is 9.53 Å². The number of nitrogens with zero attached hydrogens (tertiary/aromatic N) is 1. The van der Waals surface area contributed by atoms with Crippen molar-refractivity contribution in [2.75, 3.05) is 6.61 Å². The monoisotopic (exact) mass is 288 g/mol. The van der Waals surface area contributed by atoms with Crippen LogP contribution in [0, 0.1) is 0 Å². The summed E-state index contributed by atoms with van der Waals surface area (Å²) in [5, 5.41) is 3.53. The van der Waals surface area contributed by atoms with Gasteiger partial charge >= 0.3 is 0 Å². The third-order valence-corrected chi connectivity index (χ3v) is 4.58. The first-order chi connectivity index (χ1) is 10.2. The zero-order valence-corrected chi connectivity index (χ0v) is 12.8.